The fraction of sp³-hybridized carbons (Fsp3) is 0.519. The van der Waals surface area contributed by atoms with Gasteiger partial charge in [-0.2, -0.15) is 0 Å². The van der Waals surface area contributed by atoms with E-state index in [1.807, 2.05) is 44.2 Å². The Kier molecular flexibility index (Phi) is 20.6. The van der Waals surface area contributed by atoms with E-state index in [9.17, 15) is 33.9 Å². The maximum Gasteiger partial charge on any atom is 0.245 e. The molecule has 1 fully saturated rings. The molecule has 0 saturated carbocycles. The van der Waals surface area contributed by atoms with E-state index in [1.54, 1.807) is 26.0 Å². The minimum absolute atomic E-state index is 0.0306. The Morgan fingerprint density at radius 2 is 1.43 bits per heavy atom. The van der Waals surface area contributed by atoms with Crippen molar-refractivity contribution in [1.29, 1.82) is 0 Å². The molecule has 18 nitrogen and oxygen atoms in total. The summed E-state index contributed by atoms with van der Waals surface area (Å²) in [6, 6.07) is 16.1. The van der Waals surface area contributed by atoms with Crippen molar-refractivity contribution in [3.63, 3.8) is 0 Å². The maximum atomic E-state index is 14.4. The number of likely N-dealkylation sites (tertiary alicyclic amines) is 1. The molecule has 13 N–H and O–H groups in total. The van der Waals surface area contributed by atoms with Gasteiger partial charge in [-0.15, -0.1) is 0 Å². The number of amides is 6. The number of hydrogen-bond acceptors (Lipinski definition) is 10. The van der Waals surface area contributed by atoms with Crippen LogP contribution in [0.3, 0.4) is 0 Å². The van der Waals surface area contributed by atoms with Crippen molar-refractivity contribution < 1.29 is 33.9 Å². The highest BCUT2D eigenvalue weighted by Crippen LogP contribution is 2.24. The average Bonchev–Trinajstić information content (AvgIpc) is 3.44. The number of rotatable bonds is 24. The normalized spacial score (nSPS) is 17.0. The maximum absolute atomic E-state index is 14.4. The van der Waals surface area contributed by atoms with Gasteiger partial charge < -0.3 is 59.1 Å². The highest BCUT2D eigenvalue weighted by Gasteiger charge is 2.34. The zero-order valence-electron chi connectivity index (χ0n) is 41.3. The van der Waals surface area contributed by atoms with Gasteiger partial charge in [-0.05, 0) is 142 Å². The number of phenolic OH excluding ortho intramolecular Hbond substituents is 1. The first-order valence-electron chi connectivity index (χ1n) is 24.6. The summed E-state index contributed by atoms with van der Waals surface area (Å²) in [6.45, 7) is 10.1. The number of nitrogens with one attached hydrogen (secondary N) is 4. The zero-order chi connectivity index (χ0) is 50.9. The van der Waals surface area contributed by atoms with Gasteiger partial charge in [-0.3, -0.25) is 33.8 Å². The third-order valence-electron chi connectivity index (χ3n) is 13.4. The molecule has 0 spiro atoms. The molecular formula is C52H75N11O7. The number of benzene rings is 3. The van der Waals surface area contributed by atoms with E-state index in [4.69, 9.17) is 22.9 Å². The summed E-state index contributed by atoms with van der Waals surface area (Å²) in [5, 5.41) is 21.3. The predicted octanol–water partition coefficient (Wildman–Crippen LogP) is 1.72. The molecule has 0 radical (unpaired) electrons. The summed E-state index contributed by atoms with van der Waals surface area (Å²) in [7, 11) is 0. The second kappa shape index (κ2) is 26.4. The zero-order valence-corrected chi connectivity index (χ0v) is 41.3. The number of fused-ring (bicyclic) bond motifs is 1. The standard InChI is InChI=1S/C52H75N11O7/c1-32(2)46(47(54)66)61-50(69)42(17-11-22-62-23-18-36(19-24-62)28-35-12-6-5-7-13-35)58-45(65)20-25-63-31-38-15-9-8-14-37(38)29-44(51(63)70)60-49(68)43(16-10-21-57-52(55)56)59-48(67)41(53)30-40-33(3)26-39(64)27-34(40)4/h5-9,12-15,26-27,32,36,41-44,46,64H,10-11,16-25,28-31,53H2,1-4H3,(H2,54,66)(H,58,65)(H,59,67)(H,60,68)(H,61,69)(H4,55,56,57)/t41-,42-,43+,44-,46-/m0/s1. The number of guanidine groups is 1. The van der Waals surface area contributed by atoms with Gasteiger partial charge in [0.15, 0.2) is 5.96 Å². The molecule has 6 amide bonds. The number of nitrogens with zero attached hydrogens (tertiary/aromatic N) is 3. The van der Waals surface area contributed by atoms with Crippen LogP contribution in [0.1, 0.15) is 92.2 Å². The monoisotopic (exact) mass is 966 g/mol. The first-order chi connectivity index (χ1) is 33.4. The number of primary amides is 1. The minimum atomic E-state index is -1.11. The lowest BCUT2D eigenvalue weighted by Gasteiger charge is -2.32. The SMILES string of the molecule is Cc1cc(O)cc(C)c1C[C@H](N)C(=O)N[C@H](CCCN=C(N)N)C(=O)N[C@H]1Cc2ccccc2CN(CCC(=O)N[C@@H](CCCN2CCC(Cc3ccccc3)CC2)C(=O)N[C@H](C(N)=O)C(C)C)C1=O. The smallest absolute Gasteiger partial charge is 0.245 e. The molecule has 0 aromatic heterocycles. The highest BCUT2D eigenvalue weighted by atomic mass is 16.3. The summed E-state index contributed by atoms with van der Waals surface area (Å²) in [6.07, 6.45) is 4.72. The van der Waals surface area contributed by atoms with E-state index >= 15 is 0 Å². The molecule has 5 rings (SSSR count). The van der Waals surface area contributed by atoms with Crippen LogP contribution >= 0.6 is 0 Å². The van der Waals surface area contributed by atoms with Gasteiger partial charge in [0.2, 0.25) is 35.4 Å². The van der Waals surface area contributed by atoms with Crippen molar-refractivity contribution in [2.24, 2.45) is 39.8 Å². The molecule has 1 saturated heterocycles. The lowest BCUT2D eigenvalue weighted by Crippen LogP contribution is -2.56. The molecule has 70 heavy (non-hydrogen) atoms. The molecule has 5 atom stereocenters. The van der Waals surface area contributed by atoms with Crippen LogP contribution in [0.5, 0.6) is 5.75 Å². The molecule has 380 valence electrons. The first kappa shape index (κ1) is 54.4. The highest BCUT2D eigenvalue weighted by molar-refractivity contribution is 5.94. The first-order valence-corrected chi connectivity index (χ1v) is 24.6. The number of carbonyl (C=O) groups is 6. The predicted molar refractivity (Wildman–Crippen MR) is 270 cm³/mol. The van der Waals surface area contributed by atoms with Crippen LogP contribution in [0.4, 0.5) is 0 Å². The summed E-state index contributed by atoms with van der Waals surface area (Å²) < 4.78 is 0. The fourth-order valence-corrected chi connectivity index (χ4v) is 9.43. The Labute approximate surface area is 412 Å². The summed E-state index contributed by atoms with van der Waals surface area (Å²) in [5.74, 6) is -2.97. The number of nitrogens with two attached hydrogens (primary N) is 4. The molecule has 0 unspecified atom stereocenters. The van der Waals surface area contributed by atoms with E-state index < -0.39 is 65.7 Å². The minimum Gasteiger partial charge on any atom is -0.508 e. The third-order valence-corrected chi connectivity index (χ3v) is 13.4. The Bertz CT molecular complexity index is 2270. The molecule has 3 aromatic carbocycles. The number of carbonyl (C=O) groups excluding carboxylic acids is 6. The lowest BCUT2D eigenvalue weighted by atomic mass is 9.90. The van der Waals surface area contributed by atoms with Gasteiger partial charge >= 0.3 is 0 Å². The average molecular weight is 966 g/mol. The number of aliphatic imine (C=N–C) groups is 1. The van der Waals surface area contributed by atoms with E-state index in [0.717, 1.165) is 66.7 Å². The quantitative estimate of drug-likeness (QED) is 0.0354. The van der Waals surface area contributed by atoms with Gasteiger partial charge in [0, 0.05) is 32.5 Å². The Morgan fingerprint density at radius 3 is 2.07 bits per heavy atom. The van der Waals surface area contributed by atoms with E-state index in [1.165, 1.54) is 10.5 Å². The summed E-state index contributed by atoms with van der Waals surface area (Å²) >= 11 is 0. The molecule has 0 bridgehead atoms. The Hall–Kier alpha value is -6.53. The second-order valence-electron chi connectivity index (χ2n) is 19.3. The number of aryl methyl sites for hydroxylation is 2. The van der Waals surface area contributed by atoms with Crippen LogP contribution in [-0.2, 0) is 54.6 Å². The van der Waals surface area contributed by atoms with Crippen LogP contribution in [0, 0.1) is 25.7 Å². The van der Waals surface area contributed by atoms with Crippen molar-refractivity contribution in [2.75, 3.05) is 32.7 Å². The van der Waals surface area contributed by atoms with Crippen molar-refractivity contribution >= 4 is 41.4 Å². The van der Waals surface area contributed by atoms with Gasteiger partial charge in [0.1, 0.15) is 29.9 Å². The number of piperidine rings is 1. The van der Waals surface area contributed by atoms with Gasteiger partial charge in [-0.1, -0.05) is 68.4 Å². The number of aromatic hydroxyl groups is 1. The van der Waals surface area contributed by atoms with E-state index in [2.05, 4.69) is 55.4 Å². The van der Waals surface area contributed by atoms with Crippen molar-refractivity contribution in [3.8, 4) is 5.75 Å². The molecule has 3 aromatic rings. The van der Waals surface area contributed by atoms with Gasteiger partial charge in [0.25, 0.3) is 0 Å². The topological polar surface area (TPSA) is 294 Å². The number of hydrogen-bond donors (Lipinski definition) is 9. The lowest BCUT2D eigenvalue weighted by molar-refractivity contribution is -0.138. The van der Waals surface area contributed by atoms with Crippen LogP contribution in [0.15, 0.2) is 71.7 Å². The van der Waals surface area contributed by atoms with Crippen molar-refractivity contribution in [1.82, 2.24) is 31.1 Å². The van der Waals surface area contributed by atoms with Crippen LogP contribution in [0.2, 0.25) is 0 Å². The number of phenols is 1. The molecular weight excluding hydrogens is 891 g/mol. The molecule has 2 heterocycles. The van der Waals surface area contributed by atoms with E-state index in [-0.39, 0.29) is 62.9 Å². The molecule has 2 aliphatic heterocycles. The van der Waals surface area contributed by atoms with Gasteiger partial charge in [-0.25, -0.2) is 0 Å². The van der Waals surface area contributed by atoms with Crippen molar-refractivity contribution in [2.45, 2.75) is 129 Å². The third kappa shape index (κ3) is 16.6. The molecule has 18 heteroatoms. The van der Waals surface area contributed by atoms with Crippen LogP contribution < -0.4 is 44.2 Å². The van der Waals surface area contributed by atoms with Crippen LogP contribution in [0.25, 0.3) is 0 Å². The van der Waals surface area contributed by atoms with E-state index in [0.29, 0.717) is 25.2 Å². The Morgan fingerprint density at radius 1 is 0.800 bits per heavy atom. The van der Waals surface area contributed by atoms with Gasteiger partial charge in [0.05, 0.1) is 6.04 Å². The summed E-state index contributed by atoms with van der Waals surface area (Å²) in [5.41, 5.74) is 28.4. The molecule has 0 aliphatic carbocycles. The second-order valence-corrected chi connectivity index (χ2v) is 19.3. The molecule has 2 aliphatic rings. The summed E-state index contributed by atoms with van der Waals surface area (Å²) in [4.78, 5) is 90.0. The van der Waals surface area contributed by atoms with Crippen LogP contribution in [-0.4, -0.2) is 119 Å². The Balaban J connectivity index is 1.24. The van der Waals surface area contributed by atoms with Crippen molar-refractivity contribution in [3.05, 3.63) is 100 Å². The largest absolute Gasteiger partial charge is 0.508 e. The fourth-order valence-electron chi connectivity index (χ4n) is 9.43.